The lowest BCUT2D eigenvalue weighted by Crippen LogP contribution is -2.31. The summed E-state index contributed by atoms with van der Waals surface area (Å²) in [5.41, 5.74) is 7.29. The van der Waals surface area contributed by atoms with E-state index in [1.807, 2.05) is 33.8 Å². The summed E-state index contributed by atoms with van der Waals surface area (Å²) in [7, 11) is -3.25. The van der Waals surface area contributed by atoms with Crippen molar-refractivity contribution in [2.75, 3.05) is 12.3 Å². The maximum Gasteiger partial charge on any atom is 0.178 e. The Morgan fingerprint density at radius 3 is 2.24 bits per heavy atom. The molecule has 1 aromatic rings. The maximum absolute atomic E-state index is 12.2. The summed E-state index contributed by atoms with van der Waals surface area (Å²) >= 11 is 0. The topological polar surface area (TPSA) is 60.2 Å². The molecule has 0 spiro atoms. The second-order valence-electron chi connectivity index (χ2n) is 5.37. The zero-order valence-electron chi connectivity index (χ0n) is 10.9. The molecule has 0 radical (unpaired) electrons. The predicted octanol–water partition coefficient (Wildman–Crippen LogP) is 2.06. The highest BCUT2D eigenvalue weighted by molar-refractivity contribution is 7.91. The molecule has 2 N–H and O–H groups in total. The first-order valence-corrected chi connectivity index (χ1v) is 7.33. The van der Waals surface area contributed by atoms with E-state index in [-0.39, 0.29) is 5.75 Å². The van der Waals surface area contributed by atoms with Crippen LogP contribution in [0.25, 0.3) is 0 Å². The molecular weight excluding hydrogens is 234 g/mol. The van der Waals surface area contributed by atoms with Crippen molar-refractivity contribution in [2.45, 2.75) is 32.6 Å². The molecule has 1 rings (SSSR count). The van der Waals surface area contributed by atoms with Crippen molar-refractivity contribution in [2.24, 2.45) is 11.1 Å². The molecule has 96 valence electrons. The van der Waals surface area contributed by atoms with Gasteiger partial charge in [0.25, 0.3) is 0 Å². The van der Waals surface area contributed by atoms with Crippen LogP contribution in [-0.2, 0) is 9.84 Å². The molecular formula is C13H21NO2S. The number of aryl methyl sites for hydroxylation is 2. The molecule has 0 aliphatic heterocycles. The quantitative estimate of drug-likeness (QED) is 0.896. The predicted molar refractivity (Wildman–Crippen MR) is 70.8 cm³/mol. The first-order valence-electron chi connectivity index (χ1n) is 5.68. The summed E-state index contributed by atoms with van der Waals surface area (Å²) in [6.45, 7) is 7.98. The van der Waals surface area contributed by atoms with Crippen LogP contribution in [-0.4, -0.2) is 20.7 Å². The van der Waals surface area contributed by atoms with E-state index < -0.39 is 15.3 Å². The van der Waals surface area contributed by atoms with Crippen molar-refractivity contribution in [3.05, 3.63) is 29.3 Å². The van der Waals surface area contributed by atoms with Crippen LogP contribution in [0, 0.1) is 19.3 Å². The van der Waals surface area contributed by atoms with E-state index in [0.29, 0.717) is 11.4 Å². The van der Waals surface area contributed by atoms with Gasteiger partial charge in [0.15, 0.2) is 9.84 Å². The molecule has 0 unspecified atom stereocenters. The van der Waals surface area contributed by atoms with Crippen LogP contribution in [0.5, 0.6) is 0 Å². The summed E-state index contributed by atoms with van der Waals surface area (Å²) in [5, 5.41) is 0. The lowest BCUT2D eigenvalue weighted by Gasteiger charge is -2.22. The summed E-state index contributed by atoms with van der Waals surface area (Å²) in [6.07, 6.45) is 0. The van der Waals surface area contributed by atoms with Crippen LogP contribution in [0.4, 0.5) is 0 Å². The highest BCUT2D eigenvalue weighted by Crippen LogP contribution is 2.23. The fourth-order valence-corrected chi connectivity index (χ4v) is 3.51. The number of hydrogen-bond donors (Lipinski definition) is 1. The maximum atomic E-state index is 12.2. The van der Waals surface area contributed by atoms with Gasteiger partial charge in [-0.1, -0.05) is 19.9 Å². The lowest BCUT2D eigenvalue weighted by atomic mass is 9.97. The number of nitrogens with two attached hydrogens (primary N) is 1. The average molecular weight is 255 g/mol. The molecule has 4 heteroatoms. The Morgan fingerprint density at radius 2 is 1.76 bits per heavy atom. The molecule has 0 bridgehead atoms. The first-order chi connectivity index (χ1) is 7.68. The van der Waals surface area contributed by atoms with Gasteiger partial charge in [0.05, 0.1) is 10.6 Å². The molecule has 0 saturated carbocycles. The number of rotatable bonds is 4. The number of sulfone groups is 1. The van der Waals surface area contributed by atoms with Crippen molar-refractivity contribution in [3.8, 4) is 0 Å². The smallest absolute Gasteiger partial charge is 0.178 e. The Labute approximate surface area is 104 Å². The normalized spacial score (nSPS) is 12.8. The minimum absolute atomic E-state index is 0.0823. The van der Waals surface area contributed by atoms with E-state index in [1.54, 1.807) is 12.1 Å². The Hall–Kier alpha value is -0.870. The van der Waals surface area contributed by atoms with Crippen LogP contribution in [0.1, 0.15) is 25.0 Å². The van der Waals surface area contributed by atoms with Crippen LogP contribution in [0.2, 0.25) is 0 Å². The third kappa shape index (κ3) is 3.54. The van der Waals surface area contributed by atoms with Crippen molar-refractivity contribution in [3.63, 3.8) is 0 Å². The Bertz CT molecular complexity index is 504. The van der Waals surface area contributed by atoms with E-state index in [0.717, 1.165) is 11.1 Å². The minimum atomic E-state index is -3.25. The van der Waals surface area contributed by atoms with Gasteiger partial charge >= 0.3 is 0 Å². The van der Waals surface area contributed by atoms with Gasteiger partial charge in [-0.15, -0.1) is 0 Å². The second-order valence-corrected chi connectivity index (χ2v) is 7.36. The van der Waals surface area contributed by atoms with Gasteiger partial charge in [0, 0.05) is 0 Å². The van der Waals surface area contributed by atoms with Crippen molar-refractivity contribution in [1.82, 2.24) is 0 Å². The van der Waals surface area contributed by atoms with Gasteiger partial charge in [-0.25, -0.2) is 8.42 Å². The molecule has 17 heavy (non-hydrogen) atoms. The molecule has 0 aromatic heterocycles. The standard InChI is InChI=1S/C13H21NO2S/c1-10-5-6-12(7-11(10)2)17(15,16)9-13(3,4)8-14/h5-7H,8-9,14H2,1-4H3. The minimum Gasteiger partial charge on any atom is -0.330 e. The molecule has 0 heterocycles. The first kappa shape index (κ1) is 14.2. The molecule has 0 fully saturated rings. The fraction of sp³-hybridized carbons (Fsp3) is 0.538. The summed E-state index contributed by atoms with van der Waals surface area (Å²) in [5.74, 6) is 0.0823. The van der Waals surface area contributed by atoms with Crippen molar-refractivity contribution < 1.29 is 8.42 Å². The third-order valence-electron chi connectivity index (χ3n) is 2.97. The summed E-state index contributed by atoms with van der Waals surface area (Å²) < 4.78 is 24.4. The van der Waals surface area contributed by atoms with Crippen LogP contribution >= 0.6 is 0 Å². The van der Waals surface area contributed by atoms with E-state index in [9.17, 15) is 8.42 Å². The van der Waals surface area contributed by atoms with E-state index in [4.69, 9.17) is 5.73 Å². The summed E-state index contributed by atoms with van der Waals surface area (Å²) in [4.78, 5) is 0.391. The van der Waals surface area contributed by atoms with Gasteiger partial charge in [-0.05, 0) is 49.1 Å². The Balaban J connectivity index is 3.10. The summed E-state index contributed by atoms with van der Waals surface area (Å²) in [6, 6.07) is 5.25. The van der Waals surface area contributed by atoms with Gasteiger partial charge < -0.3 is 5.73 Å². The average Bonchev–Trinajstić information content (AvgIpc) is 2.20. The van der Waals surface area contributed by atoms with Crippen LogP contribution in [0.3, 0.4) is 0 Å². The Morgan fingerprint density at radius 1 is 1.18 bits per heavy atom. The third-order valence-corrected chi connectivity index (χ3v) is 5.10. The van der Waals surface area contributed by atoms with Crippen LogP contribution < -0.4 is 5.73 Å². The number of benzene rings is 1. The highest BCUT2D eigenvalue weighted by Gasteiger charge is 2.26. The zero-order valence-corrected chi connectivity index (χ0v) is 11.8. The second kappa shape index (κ2) is 4.78. The largest absolute Gasteiger partial charge is 0.330 e. The van der Waals surface area contributed by atoms with Gasteiger partial charge in [0.1, 0.15) is 0 Å². The molecule has 0 aliphatic rings. The lowest BCUT2D eigenvalue weighted by molar-refractivity contribution is 0.425. The molecule has 0 aliphatic carbocycles. The molecule has 0 amide bonds. The number of hydrogen-bond acceptors (Lipinski definition) is 3. The Kier molecular flexibility index (Phi) is 3.99. The monoisotopic (exact) mass is 255 g/mol. The molecule has 3 nitrogen and oxygen atoms in total. The molecule has 1 aromatic carbocycles. The van der Waals surface area contributed by atoms with E-state index >= 15 is 0 Å². The van der Waals surface area contributed by atoms with E-state index in [1.165, 1.54) is 0 Å². The van der Waals surface area contributed by atoms with Crippen molar-refractivity contribution in [1.29, 1.82) is 0 Å². The zero-order chi connectivity index (χ0) is 13.3. The molecule has 0 atom stereocenters. The fourth-order valence-electron chi connectivity index (χ4n) is 1.56. The van der Waals surface area contributed by atoms with Gasteiger partial charge in [0.2, 0.25) is 0 Å². The van der Waals surface area contributed by atoms with Gasteiger partial charge in [-0.2, -0.15) is 0 Å². The highest BCUT2D eigenvalue weighted by atomic mass is 32.2. The van der Waals surface area contributed by atoms with Gasteiger partial charge in [-0.3, -0.25) is 0 Å². The molecule has 0 saturated heterocycles. The van der Waals surface area contributed by atoms with Crippen molar-refractivity contribution >= 4 is 9.84 Å². The SMILES string of the molecule is Cc1ccc(S(=O)(=O)CC(C)(C)CN)cc1C. The van der Waals surface area contributed by atoms with Crippen LogP contribution in [0.15, 0.2) is 23.1 Å². The van der Waals surface area contributed by atoms with E-state index in [2.05, 4.69) is 0 Å².